The zero-order chi connectivity index (χ0) is 19.3. The van der Waals surface area contributed by atoms with Gasteiger partial charge < -0.3 is 9.64 Å². The first-order valence-corrected chi connectivity index (χ1v) is 8.42. The topological polar surface area (TPSA) is 47.4 Å². The Hall–Kier alpha value is -2.51. The minimum atomic E-state index is -4.45. The minimum absolute atomic E-state index is 0.0896. The van der Waals surface area contributed by atoms with Gasteiger partial charge in [0.1, 0.15) is 0 Å². The number of hydrogen-bond acceptors (Lipinski definition) is 3. The molecule has 8 heteroatoms. The van der Waals surface area contributed by atoms with Gasteiger partial charge in [-0.05, 0) is 31.0 Å². The number of aromatic nitrogens is 2. The van der Waals surface area contributed by atoms with E-state index in [1.165, 1.54) is 30.1 Å². The standard InChI is InChI=1S/C18H22F3N3O2/c1-4-9-23(10-5-2)17(25)16-15(26-3)12-24(22-16)14-8-6-7-13(11-14)18(19,20)21/h6-8,11-12H,4-5,9-10H2,1-3H3. The summed E-state index contributed by atoms with van der Waals surface area (Å²) in [6.07, 6.45) is -1.45. The lowest BCUT2D eigenvalue weighted by Crippen LogP contribution is -2.33. The maximum Gasteiger partial charge on any atom is 0.416 e. The minimum Gasteiger partial charge on any atom is -0.493 e. The van der Waals surface area contributed by atoms with E-state index in [9.17, 15) is 18.0 Å². The fourth-order valence-electron chi connectivity index (χ4n) is 2.62. The second kappa shape index (κ2) is 8.25. The molecule has 0 radical (unpaired) electrons. The summed E-state index contributed by atoms with van der Waals surface area (Å²) in [6.45, 7) is 5.08. The average molecular weight is 369 g/mol. The van der Waals surface area contributed by atoms with E-state index < -0.39 is 11.7 Å². The first-order valence-electron chi connectivity index (χ1n) is 8.42. The van der Waals surface area contributed by atoms with E-state index in [2.05, 4.69) is 5.10 Å². The van der Waals surface area contributed by atoms with Crippen molar-refractivity contribution >= 4 is 5.91 Å². The highest BCUT2D eigenvalue weighted by atomic mass is 19.4. The number of carbonyl (C=O) groups excluding carboxylic acids is 1. The lowest BCUT2D eigenvalue weighted by atomic mass is 10.2. The molecule has 1 aromatic carbocycles. The molecule has 0 atom stereocenters. The van der Waals surface area contributed by atoms with Gasteiger partial charge in [0.25, 0.3) is 5.91 Å². The van der Waals surface area contributed by atoms with Gasteiger partial charge in [0.05, 0.1) is 24.6 Å². The third kappa shape index (κ3) is 4.36. The van der Waals surface area contributed by atoms with E-state index in [0.29, 0.717) is 13.1 Å². The molecular formula is C18H22F3N3O2. The summed E-state index contributed by atoms with van der Waals surface area (Å²) in [5, 5.41) is 4.19. The SMILES string of the molecule is CCCN(CCC)C(=O)c1nn(-c2cccc(C(F)(F)F)c2)cc1OC. The van der Waals surface area contributed by atoms with Gasteiger partial charge in [0.15, 0.2) is 11.4 Å². The third-order valence-electron chi connectivity index (χ3n) is 3.82. The highest BCUT2D eigenvalue weighted by molar-refractivity contribution is 5.95. The summed E-state index contributed by atoms with van der Waals surface area (Å²) < 4.78 is 45.2. The Morgan fingerprint density at radius 1 is 1.23 bits per heavy atom. The molecule has 2 rings (SSSR count). The summed E-state index contributed by atoms with van der Waals surface area (Å²) in [6, 6.07) is 4.76. The van der Waals surface area contributed by atoms with E-state index in [1.54, 1.807) is 4.90 Å². The number of carbonyl (C=O) groups is 1. The first-order chi connectivity index (χ1) is 12.3. The smallest absolute Gasteiger partial charge is 0.416 e. The van der Waals surface area contributed by atoms with Crippen LogP contribution in [0.25, 0.3) is 5.69 Å². The number of amides is 1. The molecule has 0 fully saturated rings. The first kappa shape index (κ1) is 19.8. The lowest BCUT2D eigenvalue weighted by Gasteiger charge is -2.20. The maximum atomic E-state index is 12.9. The van der Waals surface area contributed by atoms with Crippen molar-refractivity contribution in [2.24, 2.45) is 0 Å². The second-order valence-corrected chi connectivity index (χ2v) is 5.83. The summed E-state index contributed by atoms with van der Waals surface area (Å²) in [5.41, 5.74) is -0.488. The van der Waals surface area contributed by atoms with Crippen molar-refractivity contribution in [3.05, 3.63) is 41.7 Å². The van der Waals surface area contributed by atoms with E-state index in [1.807, 2.05) is 13.8 Å². The van der Waals surface area contributed by atoms with Crippen molar-refractivity contribution in [3.8, 4) is 11.4 Å². The molecule has 0 N–H and O–H groups in total. The van der Waals surface area contributed by atoms with Gasteiger partial charge in [-0.25, -0.2) is 4.68 Å². The van der Waals surface area contributed by atoms with Gasteiger partial charge in [-0.1, -0.05) is 19.9 Å². The molecule has 2 aromatic rings. The van der Waals surface area contributed by atoms with Crippen molar-refractivity contribution in [1.29, 1.82) is 0 Å². The Bertz CT molecular complexity index is 750. The largest absolute Gasteiger partial charge is 0.493 e. The molecule has 1 aromatic heterocycles. The Morgan fingerprint density at radius 3 is 2.42 bits per heavy atom. The zero-order valence-electron chi connectivity index (χ0n) is 15.0. The van der Waals surface area contributed by atoms with Crippen molar-refractivity contribution in [1.82, 2.24) is 14.7 Å². The molecule has 0 bridgehead atoms. The summed E-state index contributed by atoms with van der Waals surface area (Å²) in [4.78, 5) is 14.4. The molecule has 0 spiro atoms. The lowest BCUT2D eigenvalue weighted by molar-refractivity contribution is -0.137. The third-order valence-corrected chi connectivity index (χ3v) is 3.82. The van der Waals surface area contributed by atoms with Crippen LogP contribution in [-0.4, -0.2) is 40.8 Å². The monoisotopic (exact) mass is 369 g/mol. The van der Waals surface area contributed by atoms with Gasteiger partial charge >= 0.3 is 6.18 Å². The van der Waals surface area contributed by atoms with Crippen LogP contribution in [0, 0.1) is 0 Å². The molecule has 0 aliphatic heterocycles. The zero-order valence-corrected chi connectivity index (χ0v) is 15.0. The van der Waals surface area contributed by atoms with E-state index in [4.69, 9.17) is 4.74 Å². The van der Waals surface area contributed by atoms with Gasteiger partial charge in [-0.15, -0.1) is 0 Å². The van der Waals surface area contributed by atoms with E-state index in [-0.39, 0.29) is 23.0 Å². The molecule has 5 nitrogen and oxygen atoms in total. The Morgan fingerprint density at radius 2 is 1.88 bits per heavy atom. The molecule has 0 saturated carbocycles. The van der Waals surface area contributed by atoms with Crippen molar-refractivity contribution in [3.63, 3.8) is 0 Å². The van der Waals surface area contributed by atoms with Crippen LogP contribution in [0.3, 0.4) is 0 Å². The number of halogens is 3. The Balaban J connectivity index is 2.41. The van der Waals surface area contributed by atoms with Crippen LogP contribution in [0.4, 0.5) is 13.2 Å². The van der Waals surface area contributed by atoms with Gasteiger partial charge in [0.2, 0.25) is 0 Å². The predicted octanol–water partition coefficient (Wildman–Crippen LogP) is 4.16. The van der Waals surface area contributed by atoms with Crippen LogP contribution in [0.5, 0.6) is 5.75 Å². The summed E-state index contributed by atoms with van der Waals surface area (Å²) >= 11 is 0. The summed E-state index contributed by atoms with van der Waals surface area (Å²) in [5.74, 6) is -0.0686. The van der Waals surface area contributed by atoms with Crippen LogP contribution in [0.1, 0.15) is 42.7 Å². The number of ether oxygens (including phenoxy) is 1. The molecule has 0 saturated heterocycles. The van der Waals surface area contributed by atoms with Gasteiger partial charge in [-0.2, -0.15) is 18.3 Å². The van der Waals surface area contributed by atoms with Crippen molar-refractivity contribution in [2.75, 3.05) is 20.2 Å². The van der Waals surface area contributed by atoms with E-state index in [0.717, 1.165) is 25.0 Å². The molecule has 26 heavy (non-hydrogen) atoms. The van der Waals surface area contributed by atoms with Crippen molar-refractivity contribution in [2.45, 2.75) is 32.9 Å². The number of methoxy groups -OCH3 is 1. The summed E-state index contributed by atoms with van der Waals surface area (Å²) in [7, 11) is 1.40. The average Bonchev–Trinajstić information content (AvgIpc) is 3.05. The highest BCUT2D eigenvalue weighted by Crippen LogP contribution is 2.31. The molecule has 0 aliphatic rings. The van der Waals surface area contributed by atoms with Crippen LogP contribution in [-0.2, 0) is 6.18 Å². The van der Waals surface area contributed by atoms with Crippen LogP contribution < -0.4 is 4.74 Å². The fourth-order valence-corrected chi connectivity index (χ4v) is 2.62. The molecule has 0 aliphatic carbocycles. The number of hydrogen-bond donors (Lipinski definition) is 0. The number of nitrogens with zero attached hydrogens (tertiary/aromatic N) is 3. The van der Waals surface area contributed by atoms with Gasteiger partial charge in [-0.3, -0.25) is 4.79 Å². The van der Waals surface area contributed by atoms with Crippen molar-refractivity contribution < 1.29 is 22.7 Å². The number of alkyl halides is 3. The van der Waals surface area contributed by atoms with E-state index >= 15 is 0 Å². The second-order valence-electron chi connectivity index (χ2n) is 5.83. The fraction of sp³-hybridized carbons (Fsp3) is 0.444. The predicted molar refractivity (Wildman–Crippen MR) is 91.6 cm³/mol. The van der Waals surface area contributed by atoms with Crippen LogP contribution >= 0.6 is 0 Å². The Kier molecular flexibility index (Phi) is 6.28. The normalized spacial score (nSPS) is 11.5. The molecule has 1 amide bonds. The maximum absolute atomic E-state index is 12.9. The number of benzene rings is 1. The Labute approximate surface area is 150 Å². The number of rotatable bonds is 7. The van der Waals surface area contributed by atoms with Crippen LogP contribution in [0.15, 0.2) is 30.5 Å². The highest BCUT2D eigenvalue weighted by Gasteiger charge is 2.31. The van der Waals surface area contributed by atoms with Gasteiger partial charge in [0, 0.05) is 13.1 Å². The molecule has 0 unspecified atom stereocenters. The molecule has 142 valence electrons. The quantitative estimate of drug-likeness (QED) is 0.736. The molecule has 1 heterocycles. The van der Waals surface area contributed by atoms with Crippen LogP contribution in [0.2, 0.25) is 0 Å². The molecular weight excluding hydrogens is 347 g/mol.